The van der Waals surface area contributed by atoms with Gasteiger partial charge in [-0.25, -0.2) is 0 Å². The third kappa shape index (κ3) is 4.60. The van der Waals surface area contributed by atoms with Gasteiger partial charge in [-0.1, -0.05) is 36.9 Å². The quantitative estimate of drug-likeness (QED) is 0.530. The average Bonchev–Trinajstić information content (AvgIpc) is 2.59. The molecular formula is C17H24O6. The first kappa shape index (κ1) is 18.1. The molecule has 1 aromatic rings. The second kappa shape index (κ2) is 8.54. The van der Waals surface area contributed by atoms with E-state index in [2.05, 4.69) is 6.58 Å². The lowest BCUT2D eigenvalue weighted by Gasteiger charge is -2.39. The monoisotopic (exact) mass is 324 g/mol. The van der Waals surface area contributed by atoms with E-state index < -0.39 is 37.3 Å². The van der Waals surface area contributed by atoms with Gasteiger partial charge in [0.25, 0.3) is 0 Å². The van der Waals surface area contributed by atoms with E-state index in [9.17, 15) is 15.3 Å². The zero-order chi connectivity index (χ0) is 16.8. The van der Waals surface area contributed by atoms with Crippen molar-refractivity contribution in [1.82, 2.24) is 0 Å². The van der Waals surface area contributed by atoms with Gasteiger partial charge >= 0.3 is 0 Å². The van der Waals surface area contributed by atoms with Crippen LogP contribution in [0.5, 0.6) is 0 Å². The number of aliphatic hydroxyl groups excluding tert-OH is 4. The molecule has 1 aliphatic rings. The highest BCUT2D eigenvalue weighted by Gasteiger charge is 2.43. The molecule has 0 amide bonds. The summed E-state index contributed by atoms with van der Waals surface area (Å²) in [6.45, 7) is 3.57. The zero-order valence-corrected chi connectivity index (χ0v) is 12.9. The highest BCUT2D eigenvalue weighted by Crippen LogP contribution is 2.22. The first-order valence-corrected chi connectivity index (χ1v) is 7.70. The molecule has 6 heteroatoms. The van der Waals surface area contributed by atoms with Crippen LogP contribution < -0.4 is 0 Å². The SMILES string of the molecule is C=Cc1ccc(CCCO[C@H]2O[C@H](CO)[C@@H](O)[C@H](O)[C@H]2O)cc1. The van der Waals surface area contributed by atoms with Crippen LogP contribution in [0.15, 0.2) is 30.8 Å². The third-order valence-corrected chi connectivity index (χ3v) is 3.96. The Bertz CT molecular complexity index is 486. The van der Waals surface area contributed by atoms with Crippen molar-refractivity contribution in [1.29, 1.82) is 0 Å². The Balaban J connectivity index is 1.77. The van der Waals surface area contributed by atoms with Crippen LogP contribution in [0, 0.1) is 0 Å². The molecule has 1 aromatic carbocycles. The van der Waals surface area contributed by atoms with E-state index in [0.717, 1.165) is 17.5 Å². The summed E-state index contributed by atoms with van der Waals surface area (Å²) in [7, 11) is 0. The largest absolute Gasteiger partial charge is 0.394 e. The highest BCUT2D eigenvalue weighted by atomic mass is 16.7. The van der Waals surface area contributed by atoms with Gasteiger partial charge in [-0.05, 0) is 24.0 Å². The van der Waals surface area contributed by atoms with Gasteiger partial charge in [0.15, 0.2) is 6.29 Å². The molecule has 0 spiro atoms. The Morgan fingerprint density at radius 3 is 2.39 bits per heavy atom. The van der Waals surface area contributed by atoms with Crippen LogP contribution in [0.4, 0.5) is 0 Å². The Morgan fingerprint density at radius 1 is 1.09 bits per heavy atom. The number of hydrogen-bond donors (Lipinski definition) is 4. The fourth-order valence-corrected chi connectivity index (χ4v) is 2.50. The van der Waals surface area contributed by atoms with Crippen molar-refractivity contribution in [3.8, 4) is 0 Å². The fourth-order valence-electron chi connectivity index (χ4n) is 2.50. The lowest BCUT2D eigenvalue weighted by molar-refractivity contribution is -0.301. The second-order valence-corrected chi connectivity index (χ2v) is 5.62. The molecule has 1 aliphatic heterocycles. The minimum atomic E-state index is -1.41. The maximum atomic E-state index is 9.84. The zero-order valence-electron chi connectivity index (χ0n) is 12.9. The van der Waals surface area contributed by atoms with Gasteiger partial charge in [0.2, 0.25) is 0 Å². The summed E-state index contributed by atoms with van der Waals surface area (Å²) in [4.78, 5) is 0. The minimum Gasteiger partial charge on any atom is -0.394 e. The molecule has 1 saturated heterocycles. The van der Waals surface area contributed by atoms with Crippen molar-refractivity contribution in [2.75, 3.05) is 13.2 Å². The summed E-state index contributed by atoms with van der Waals surface area (Å²) in [5.41, 5.74) is 2.22. The van der Waals surface area contributed by atoms with E-state index in [4.69, 9.17) is 14.6 Å². The van der Waals surface area contributed by atoms with Crippen molar-refractivity contribution < 1.29 is 29.9 Å². The Morgan fingerprint density at radius 2 is 1.78 bits per heavy atom. The van der Waals surface area contributed by atoms with Crippen LogP contribution in [0.2, 0.25) is 0 Å². The summed E-state index contributed by atoms with van der Waals surface area (Å²) in [6, 6.07) is 8.01. The van der Waals surface area contributed by atoms with Gasteiger partial charge in [-0.2, -0.15) is 0 Å². The van der Waals surface area contributed by atoms with Crippen LogP contribution in [-0.2, 0) is 15.9 Å². The standard InChI is InChI=1S/C17H24O6/c1-2-11-5-7-12(8-6-11)4-3-9-22-17-16(21)15(20)14(19)13(10-18)23-17/h2,5-8,13-21H,1,3-4,9-10H2/t13-,14-,15+,16-,17+/m1/s1. The summed E-state index contributed by atoms with van der Waals surface area (Å²) in [5.74, 6) is 0. The van der Waals surface area contributed by atoms with Crippen molar-refractivity contribution >= 4 is 6.08 Å². The molecule has 0 aliphatic carbocycles. The molecule has 5 atom stereocenters. The normalized spacial score (nSPS) is 31.0. The highest BCUT2D eigenvalue weighted by molar-refractivity contribution is 5.47. The topological polar surface area (TPSA) is 99.4 Å². The van der Waals surface area contributed by atoms with Gasteiger partial charge in [-0.3, -0.25) is 0 Å². The Hall–Kier alpha value is -1.28. The summed E-state index contributed by atoms with van der Waals surface area (Å²) >= 11 is 0. The number of aliphatic hydroxyl groups is 4. The predicted molar refractivity (Wildman–Crippen MR) is 84.6 cm³/mol. The molecule has 2 rings (SSSR count). The van der Waals surface area contributed by atoms with E-state index in [-0.39, 0.29) is 0 Å². The molecule has 1 heterocycles. The van der Waals surface area contributed by atoms with Crippen LogP contribution >= 0.6 is 0 Å². The van der Waals surface area contributed by atoms with E-state index >= 15 is 0 Å². The first-order chi connectivity index (χ1) is 11.1. The Labute approximate surface area is 135 Å². The molecule has 6 nitrogen and oxygen atoms in total. The fraction of sp³-hybridized carbons (Fsp3) is 0.529. The first-order valence-electron chi connectivity index (χ1n) is 7.70. The molecule has 0 radical (unpaired) electrons. The number of rotatable bonds is 7. The summed E-state index contributed by atoms with van der Waals surface area (Å²) in [5, 5.41) is 38.3. The Kier molecular flexibility index (Phi) is 6.71. The van der Waals surface area contributed by atoms with Crippen molar-refractivity contribution in [3.05, 3.63) is 42.0 Å². The number of hydrogen-bond acceptors (Lipinski definition) is 6. The van der Waals surface area contributed by atoms with E-state index in [1.54, 1.807) is 6.08 Å². The van der Waals surface area contributed by atoms with Crippen molar-refractivity contribution in [2.24, 2.45) is 0 Å². The van der Waals surface area contributed by atoms with Gasteiger partial charge in [0.1, 0.15) is 24.4 Å². The van der Waals surface area contributed by atoms with Crippen molar-refractivity contribution in [3.63, 3.8) is 0 Å². The van der Waals surface area contributed by atoms with Crippen LogP contribution in [-0.4, -0.2) is 64.3 Å². The summed E-state index contributed by atoms with van der Waals surface area (Å²) in [6.07, 6.45) is -2.82. The van der Waals surface area contributed by atoms with Gasteiger partial charge in [0, 0.05) is 0 Å². The second-order valence-electron chi connectivity index (χ2n) is 5.62. The van der Waals surface area contributed by atoms with E-state index in [0.29, 0.717) is 13.0 Å². The van der Waals surface area contributed by atoms with Gasteiger partial charge in [0.05, 0.1) is 13.2 Å². The minimum absolute atomic E-state index is 0.325. The summed E-state index contributed by atoms with van der Waals surface area (Å²) < 4.78 is 10.7. The lowest BCUT2D eigenvalue weighted by Crippen LogP contribution is -2.59. The molecular weight excluding hydrogens is 300 g/mol. The maximum absolute atomic E-state index is 9.84. The molecule has 1 fully saturated rings. The van der Waals surface area contributed by atoms with E-state index in [1.165, 1.54) is 0 Å². The smallest absolute Gasteiger partial charge is 0.186 e. The average molecular weight is 324 g/mol. The number of benzene rings is 1. The van der Waals surface area contributed by atoms with Gasteiger partial charge in [-0.15, -0.1) is 0 Å². The van der Waals surface area contributed by atoms with E-state index in [1.807, 2.05) is 24.3 Å². The molecule has 0 saturated carbocycles. The molecule has 0 unspecified atom stereocenters. The van der Waals surface area contributed by atoms with Crippen LogP contribution in [0.25, 0.3) is 6.08 Å². The molecule has 0 bridgehead atoms. The van der Waals surface area contributed by atoms with Crippen LogP contribution in [0.3, 0.4) is 0 Å². The molecule has 23 heavy (non-hydrogen) atoms. The van der Waals surface area contributed by atoms with Crippen molar-refractivity contribution in [2.45, 2.75) is 43.5 Å². The molecule has 4 N–H and O–H groups in total. The third-order valence-electron chi connectivity index (χ3n) is 3.96. The predicted octanol–water partition coefficient (Wildman–Crippen LogP) is 0.0787. The number of ether oxygens (including phenoxy) is 2. The maximum Gasteiger partial charge on any atom is 0.186 e. The van der Waals surface area contributed by atoms with Crippen LogP contribution in [0.1, 0.15) is 17.5 Å². The van der Waals surface area contributed by atoms with Gasteiger partial charge < -0.3 is 29.9 Å². The number of aryl methyl sites for hydroxylation is 1. The molecule has 0 aromatic heterocycles. The molecule has 128 valence electrons. The lowest BCUT2D eigenvalue weighted by atomic mass is 9.99.